The number of hydrogen-bond acceptors (Lipinski definition) is 4. The summed E-state index contributed by atoms with van der Waals surface area (Å²) in [5.74, 6) is -0.0482. The van der Waals surface area contributed by atoms with Crippen LogP contribution < -0.4 is 5.32 Å². The van der Waals surface area contributed by atoms with Crippen LogP contribution in [0.25, 0.3) is 11.0 Å². The molecule has 3 aromatic rings. The highest BCUT2D eigenvalue weighted by Crippen LogP contribution is 2.15. The van der Waals surface area contributed by atoms with Crippen molar-refractivity contribution in [2.24, 2.45) is 0 Å². The predicted octanol–water partition coefficient (Wildman–Crippen LogP) is 2.27. The van der Waals surface area contributed by atoms with Gasteiger partial charge in [-0.2, -0.15) is 0 Å². The van der Waals surface area contributed by atoms with Gasteiger partial charge in [-0.3, -0.25) is 14.8 Å². The van der Waals surface area contributed by atoms with E-state index in [4.69, 9.17) is 0 Å². The number of para-hydroxylation sites is 1. The highest BCUT2D eigenvalue weighted by Gasteiger charge is 2.08. The molecular formula is C16H13N3O2. The van der Waals surface area contributed by atoms with Crippen LogP contribution in [-0.2, 0) is 6.54 Å². The fraction of sp³-hybridized carbons (Fsp3) is 0.0625. The maximum absolute atomic E-state index is 12.1. The Morgan fingerprint density at radius 1 is 1.05 bits per heavy atom. The lowest BCUT2D eigenvalue weighted by atomic mass is 10.1. The van der Waals surface area contributed by atoms with Gasteiger partial charge in [0, 0.05) is 30.1 Å². The van der Waals surface area contributed by atoms with E-state index in [1.165, 1.54) is 0 Å². The lowest BCUT2D eigenvalue weighted by molar-refractivity contribution is 0.0951. The molecule has 21 heavy (non-hydrogen) atoms. The minimum absolute atomic E-state index is 0.169. The van der Waals surface area contributed by atoms with Crippen LogP contribution in [0, 0.1) is 0 Å². The molecule has 2 N–H and O–H groups in total. The molecule has 1 aromatic heterocycles. The van der Waals surface area contributed by atoms with Gasteiger partial charge in [0.05, 0.1) is 11.0 Å². The zero-order chi connectivity index (χ0) is 14.7. The van der Waals surface area contributed by atoms with Crippen LogP contribution >= 0.6 is 0 Å². The van der Waals surface area contributed by atoms with Gasteiger partial charge in [-0.25, -0.2) is 0 Å². The van der Waals surface area contributed by atoms with Gasteiger partial charge in [0.2, 0.25) is 0 Å². The van der Waals surface area contributed by atoms with Crippen LogP contribution in [0.1, 0.15) is 15.9 Å². The van der Waals surface area contributed by atoms with E-state index >= 15 is 0 Å². The van der Waals surface area contributed by atoms with E-state index in [-0.39, 0.29) is 18.2 Å². The summed E-state index contributed by atoms with van der Waals surface area (Å²) in [6, 6.07) is 12.1. The summed E-state index contributed by atoms with van der Waals surface area (Å²) in [6.45, 7) is 0.268. The lowest BCUT2D eigenvalue weighted by Crippen LogP contribution is -2.22. The number of phenols is 1. The molecule has 0 fully saturated rings. The predicted molar refractivity (Wildman–Crippen MR) is 78.8 cm³/mol. The van der Waals surface area contributed by atoms with E-state index in [0.29, 0.717) is 16.6 Å². The first-order valence-corrected chi connectivity index (χ1v) is 6.50. The van der Waals surface area contributed by atoms with Crippen molar-refractivity contribution >= 4 is 16.9 Å². The van der Waals surface area contributed by atoms with Crippen LogP contribution in [0.3, 0.4) is 0 Å². The van der Waals surface area contributed by atoms with Crippen molar-refractivity contribution in [2.75, 3.05) is 0 Å². The van der Waals surface area contributed by atoms with Crippen LogP contribution in [-0.4, -0.2) is 21.0 Å². The summed E-state index contributed by atoms with van der Waals surface area (Å²) in [5.41, 5.74) is 2.60. The third-order valence-electron chi connectivity index (χ3n) is 3.16. The molecule has 0 atom stereocenters. The number of rotatable bonds is 3. The molecule has 5 nitrogen and oxygen atoms in total. The zero-order valence-electron chi connectivity index (χ0n) is 11.2. The first-order chi connectivity index (χ1) is 10.2. The van der Waals surface area contributed by atoms with Gasteiger partial charge < -0.3 is 10.4 Å². The number of hydrogen-bond donors (Lipinski definition) is 2. The van der Waals surface area contributed by atoms with Gasteiger partial charge >= 0.3 is 0 Å². The van der Waals surface area contributed by atoms with Gasteiger partial charge in [-0.15, -0.1) is 0 Å². The number of carbonyl (C=O) groups excluding carboxylic acids is 1. The van der Waals surface area contributed by atoms with E-state index in [2.05, 4.69) is 15.3 Å². The van der Waals surface area contributed by atoms with Crippen LogP contribution in [0.15, 0.2) is 54.9 Å². The molecule has 0 spiro atoms. The van der Waals surface area contributed by atoms with Gasteiger partial charge in [0.1, 0.15) is 5.75 Å². The van der Waals surface area contributed by atoms with Gasteiger partial charge in [0.15, 0.2) is 0 Å². The summed E-state index contributed by atoms with van der Waals surface area (Å²) >= 11 is 0. The molecule has 0 aliphatic heterocycles. The van der Waals surface area contributed by atoms with Crippen molar-refractivity contribution in [2.45, 2.75) is 6.54 Å². The van der Waals surface area contributed by atoms with Gasteiger partial charge in [-0.05, 0) is 24.3 Å². The second-order valence-electron chi connectivity index (χ2n) is 4.57. The van der Waals surface area contributed by atoms with Gasteiger partial charge in [-0.1, -0.05) is 18.2 Å². The normalized spacial score (nSPS) is 10.5. The molecule has 0 unspecified atom stereocenters. The molecule has 0 bridgehead atoms. The monoisotopic (exact) mass is 279 g/mol. The zero-order valence-corrected chi connectivity index (χ0v) is 11.2. The third-order valence-corrected chi connectivity index (χ3v) is 3.16. The molecule has 2 aromatic carbocycles. The quantitative estimate of drug-likeness (QED) is 0.771. The van der Waals surface area contributed by atoms with E-state index in [0.717, 1.165) is 5.52 Å². The molecule has 0 radical (unpaired) electrons. The Kier molecular flexibility index (Phi) is 3.47. The van der Waals surface area contributed by atoms with E-state index in [9.17, 15) is 9.90 Å². The van der Waals surface area contributed by atoms with Crippen molar-refractivity contribution in [3.05, 3.63) is 66.0 Å². The maximum Gasteiger partial charge on any atom is 0.251 e. The number of fused-ring (bicyclic) bond motifs is 1. The Morgan fingerprint density at radius 2 is 1.81 bits per heavy atom. The topological polar surface area (TPSA) is 75.1 Å². The van der Waals surface area contributed by atoms with Crippen molar-refractivity contribution in [1.29, 1.82) is 0 Å². The fourth-order valence-electron chi connectivity index (χ4n) is 2.04. The standard InChI is InChI=1S/C16H13N3O2/c20-15-4-2-1-3-12(15)10-19-16(21)11-5-6-13-14(9-11)18-8-7-17-13/h1-9,20H,10H2,(H,19,21). The van der Waals surface area contributed by atoms with Crippen molar-refractivity contribution < 1.29 is 9.90 Å². The lowest BCUT2D eigenvalue weighted by Gasteiger charge is -2.07. The number of aromatic nitrogens is 2. The van der Waals surface area contributed by atoms with Crippen LogP contribution in [0.5, 0.6) is 5.75 Å². The first-order valence-electron chi connectivity index (χ1n) is 6.50. The highest BCUT2D eigenvalue weighted by molar-refractivity contribution is 5.97. The van der Waals surface area contributed by atoms with Crippen LogP contribution in [0.2, 0.25) is 0 Å². The van der Waals surface area contributed by atoms with Gasteiger partial charge in [0.25, 0.3) is 5.91 Å². The number of aromatic hydroxyl groups is 1. The molecule has 5 heteroatoms. The molecule has 0 saturated carbocycles. The molecule has 0 saturated heterocycles. The number of carbonyl (C=O) groups is 1. The molecule has 104 valence electrons. The fourth-order valence-corrected chi connectivity index (χ4v) is 2.04. The Hall–Kier alpha value is -2.95. The average molecular weight is 279 g/mol. The number of phenolic OH excluding ortho intramolecular Hbond substituents is 1. The number of nitrogens with one attached hydrogen (secondary N) is 1. The molecule has 3 rings (SSSR count). The Morgan fingerprint density at radius 3 is 2.62 bits per heavy atom. The second-order valence-corrected chi connectivity index (χ2v) is 4.57. The highest BCUT2D eigenvalue weighted by atomic mass is 16.3. The molecule has 0 aliphatic rings. The van der Waals surface area contributed by atoms with Crippen molar-refractivity contribution in [1.82, 2.24) is 15.3 Å². The number of benzene rings is 2. The first kappa shape index (κ1) is 13.1. The smallest absolute Gasteiger partial charge is 0.251 e. The number of amides is 1. The third kappa shape index (κ3) is 2.81. The summed E-state index contributed by atoms with van der Waals surface area (Å²) in [4.78, 5) is 20.5. The maximum atomic E-state index is 12.1. The SMILES string of the molecule is O=C(NCc1ccccc1O)c1ccc2nccnc2c1. The van der Waals surface area contributed by atoms with E-state index in [1.54, 1.807) is 48.8 Å². The minimum atomic E-state index is -0.217. The van der Waals surface area contributed by atoms with E-state index < -0.39 is 0 Å². The molecular weight excluding hydrogens is 266 g/mol. The second kappa shape index (κ2) is 5.58. The largest absolute Gasteiger partial charge is 0.508 e. The van der Waals surface area contributed by atoms with Crippen LogP contribution in [0.4, 0.5) is 0 Å². The van der Waals surface area contributed by atoms with Crippen molar-refractivity contribution in [3.63, 3.8) is 0 Å². The minimum Gasteiger partial charge on any atom is -0.508 e. The summed E-state index contributed by atoms with van der Waals surface area (Å²) in [7, 11) is 0. The van der Waals surface area contributed by atoms with E-state index in [1.807, 2.05) is 6.07 Å². The summed E-state index contributed by atoms with van der Waals surface area (Å²) in [6.07, 6.45) is 3.20. The summed E-state index contributed by atoms with van der Waals surface area (Å²) < 4.78 is 0. The van der Waals surface area contributed by atoms with Crippen molar-refractivity contribution in [3.8, 4) is 5.75 Å². The molecule has 1 heterocycles. The Balaban J connectivity index is 1.76. The average Bonchev–Trinajstić information content (AvgIpc) is 2.53. The summed E-state index contributed by atoms with van der Waals surface area (Å²) in [5, 5.41) is 12.4. The Labute approximate surface area is 121 Å². The molecule has 0 aliphatic carbocycles. The Bertz CT molecular complexity index is 802. The molecule has 1 amide bonds. The number of nitrogens with zero attached hydrogens (tertiary/aromatic N) is 2.